The van der Waals surface area contributed by atoms with E-state index in [-0.39, 0.29) is 0 Å². The lowest BCUT2D eigenvalue weighted by Gasteiger charge is -2.53. The molecule has 1 aliphatic heterocycles. The van der Waals surface area contributed by atoms with Gasteiger partial charge in [-0.05, 0) is 58.3 Å². The van der Waals surface area contributed by atoms with Gasteiger partial charge >= 0.3 is 0 Å². The molecule has 3 aliphatic rings. The molecule has 0 spiro atoms. The van der Waals surface area contributed by atoms with Crippen LogP contribution in [0.3, 0.4) is 0 Å². The van der Waals surface area contributed by atoms with Crippen molar-refractivity contribution in [2.75, 3.05) is 0 Å². The topological polar surface area (TPSA) is 3.24 Å². The summed E-state index contributed by atoms with van der Waals surface area (Å²) in [6, 6.07) is 1.85. The Morgan fingerprint density at radius 3 is 2.06 bits per heavy atom. The second-order valence-electron chi connectivity index (χ2n) is 7.66. The first kappa shape index (κ1) is 13.0. The van der Waals surface area contributed by atoms with Gasteiger partial charge in [0.2, 0.25) is 0 Å². The maximum atomic E-state index is 3.01. The molecule has 1 saturated heterocycles. The Bertz CT molecular complexity index is 271. The molecular formula is C17H31N. The van der Waals surface area contributed by atoms with Crippen molar-refractivity contribution in [3.8, 4) is 0 Å². The van der Waals surface area contributed by atoms with Crippen LogP contribution in [-0.4, -0.2) is 22.5 Å². The van der Waals surface area contributed by atoms with Gasteiger partial charge in [-0.2, -0.15) is 0 Å². The van der Waals surface area contributed by atoms with Gasteiger partial charge in [0.1, 0.15) is 0 Å². The van der Waals surface area contributed by atoms with Gasteiger partial charge in [-0.15, -0.1) is 0 Å². The predicted molar refractivity (Wildman–Crippen MR) is 77.8 cm³/mol. The van der Waals surface area contributed by atoms with E-state index in [1.807, 2.05) is 0 Å². The number of rotatable bonds is 2. The lowest BCUT2D eigenvalue weighted by Crippen LogP contribution is -2.58. The van der Waals surface area contributed by atoms with Crippen LogP contribution in [0.1, 0.15) is 84.5 Å². The minimum atomic E-state index is 0.473. The minimum Gasteiger partial charge on any atom is -0.292 e. The third kappa shape index (κ3) is 2.35. The number of piperidine rings is 1. The molecule has 0 aromatic carbocycles. The van der Waals surface area contributed by atoms with Gasteiger partial charge in [0.25, 0.3) is 0 Å². The van der Waals surface area contributed by atoms with Gasteiger partial charge in [0.05, 0.1) is 0 Å². The highest BCUT2D eigenvalue weighted by atomic mass is 15.3. The summed E-state index contributed by atoms with van der Waals surface area (Å²) in [7, 11) is 0. The van der Waals surface area contributed by atoms with E-state index < -0.39 is 0 Å². The van der Waals surface area contributed by atoms with Crippen LogP contribution in [0.2, 0.25) is 0 Å². The van der Waals surface area contributed by atoms with Crippen LogP contribution < -0.4 is 0 Å². The minimum absolute atomic E-state index is 0.473. The van der Waals surface area contributed by atoms with Crippen molar-refractivity contribution in [2.45, 2.75) is 102 Å². The lowest BCUT2D eigenvalue weighted by molar-refractivity contribution is -0.0363. The summed E-state index contributed by atoms with van der Waals surface area (Å²) in [4.78, 5) is 3.01. The number of nitrogens with zero attached hydrogens (tertiary/aromatic N) is 1. The molecular weight excluding hydrogens is 218 g/mol. The average molecular weight is 249 g/mol. The summed E-state index contributed by atoms with van der Waals surface area (Å²) in [5.41, 5.74) is 0.473. The first-order valence-electron chi connectivity index (χ1n) is 8.47. The highest BCUT2D eigenvalue weighted by Gasteiger charge is 2.44. The van der Waals surface area contributed by atoms with Gasteiger partial charge in [0.15, 0.2) is 0 Å². The molecule has 0 aromatic rings. The summed E-state index contributed by atoms with van der Waals surface area (Å²) in [6.07, 6.45) is 16.3. The molecule has 0 radical (unpaired) electrons. The second-order valence-corrected chi connectivity index (χ2v) is 7.66. The zero-order valence-electron chi connectivity index (χ0n) is 12.5. The Morgan fingerprint density at radius 1 is 0.778 bits per heavy atom. The smallest absolute Gasteiger partial charge is 0.0159 e. The van der Waals surface area contributed by atoms with E-state index >= 15 is 0 Å². The Morgan fingerprint density at radius 2 is 1.39 bits per heavy atom. The molecule has 3 rings (SSSR count). The zero-order chi connectivity index (χ0) is 12.6. The third-order valence-corrected chi connectivity index (χ3v) is 6.01. The zero-order valence-corrected chi connectivity index (χ0v) is 12.5. The molecule has 2 aliphatic carbocycles. The number of hydrogen-bond acceptors (Lipinski definition) is 1. The highest BCUT2D eigenvalue weighted by molar-refractivity contribution is 4.99. The average Bonchev–Trinajstić information content (AvgIpc) is 3.00. The Hall–Kier alpha value is -0.0400. The van der Waals surface area contributed by atoms with Crippen molar-refractivity contribution in [1.29, 1.82) is 0 Å². The predicted octanol–water partition coefficient (Wildman–Crippen LogP) is 4.75. The second kappa shape index (κ2) is 5.15. The fourth-order valence-electron chi connectivity index (χ4n) is 5.21. The van der Waals surface area contributed by atoms with Crippen LogP contribution in [0.15, 0.2) is 0 Å². The van der Waals surface area contributed by atoms with E-state index in [4.69, 9.17) is 0 Å². The molecule has 2 saturated carbocycles. The summed E-state index contributed by atoms with van der Waals surface area (Å²) < 4.78 is 0. The highest BCUT2D eigenvalue weighted by Crippen LogP contribution is 2.44. The van der Waals surface area contributed by atoms with Crippen molar-refractivity contribution >= 4 is 0 Å². The Balaban J connectivity index is 1.80. The van der Waals surface area contributed by atoms with Gasteiger partial charge in [-0.3, -0.25) is 4.90 Å². The van der Waals surface area contributed by atoms with Crippen molar-refractivity contribution in [3.63, 3.8) is 0 Å². The summed E-state index contributed by atoms with van der Waals surface area (Å²) in [5.74, 6) is 1.03. The van der Waals surface area contributed by atoms with E-state index in [1.165, 1.54) is 70.6 Å². The summed E-state index contributed by atoms with van der Waals surface area (Å²) >= 11 is 0. The largest absolute Gasteiger partial charge is 0.292 e. The van der Waals surface area contributed by atoms with Crippen LogP contribution in [0.4, 0.5) is 0 Å². The molecule has 104 valence electrons. The third-order valence-electron chi connectivity index (χ3n) is 6.01. The quantitative estimate of drug-likeness (QED) is 0.682. The fourth-order valence-corrected chi connectivity index (χ4v) is 5.21. The van der Waals surface area contributed by atoms with E-state index in [0.717, 1.165) is 18.0 Å². The summed E-state index contributed by atoms with van der Waals surface area (Å²) in [6.45, 7) is 5.04. The van der Waals surface area contributed by atoms with E-state index in [2.05, 4.69) is 18.7 Å². The van der Waals surface area contributed by atoms with Gasteiger partial charge in [-0.25, -0.2) is 0 Å². The molecule has 1 atom stereocenters. The van der Waals surface area contributed by atoms with Crippen molar-refractivity contribution in [2.24, 2.45) is 5.92 Å². The first-order chi connectivity index (χ1) is 8.68. The number of hydrogen-bond donors (Lipinski definition) is 0. The lowest BCUT2D eigenvalue weighted by atomic mass is 9.79. The number of likely N-dealkylation sites (tertiary alicyclic amines) is 1. The standard InChI is InChI=1S/C17H31N/c1-17(2)13-7-12-16(14-8-3-4-9-14)18(17)15-10-5-6-11-15/h14-16H,3-13H2,1-2H3. The van der Waals surface area contributed by atoms with Crippen LogP contribution in [0.25, 0.3) is 0 Å². The molecule has 0 bridgehead atoms. The summed E-state index contributed by atoms with van der Waals surface area (Å²) in [5, 5.41) is 0. The van der Waals surface area contributed by atoms with Gasteiger partial charge in [0, 0.05) is 17.6 Å². The molecule has 18 heavy (non-hydrogen) atoms. The Labute approximate surface area is 113 Å². The van der Waals surface area contributed by atoms with Crippen molar-refractivity contribution < 1.29 is 0 Å². The first-order valence-corrected chi connectivity index (χ1v) is 8.47. The van der Waals surface area contributed by atoms with Crippen molar-refractivity contribution in [3.05, 3.63) is 0 Å². The van der Waals surface area contributed by atoms with E-state index in [0.29, 0.717) is 5.54 Å². The molecule has 1 heteroatoms. The van der Waals surface area contributed by atoms with Gasteiger partial charge < -0.3 is 0 Å². The van der Waals surface area contributed by atoms with E-state index in [9.17, 15) is 0 Å². The maximum absolute atomic E-state index is 3.01. The van der Waals surface area contributed by atoms with Gasteiger partial charge in [-0.1, -0.05) is 32.1 Å². The van der Waals surface area contributed by atoms with E-state index in [1.54, 1.807) is 0 Å². The molecule has 0 aromatic heterocycles. The van der Waals surface area contributed by atoms with Crippen LogP contribution in [-0.2, 0) is 0 Å². The molecule has 0 N–H and O–H groups in total. The molecule has 1 heterocycles. The molecule has 1 unspecified atom stereocenters. The SMILES string of the molecule is CC1(C)CCCC(C2CCCC2)N1C1CCCC1. The maximum Gasteiger partial charge on any atom is 0.0159 e. The molecule has 0 amide bonds. The molecule has 3 fully saturated rings. The van der Waals surface area contributed by atoms with Crippen LogP contribution in [0, 0.1) is 5.92 Å². The monoisotopic (exact) mass is 249 g/mol. The van der Waals surface area contributed by atoms with Crippen LogP contribution >= 0.6 is 0 Å². The fraction of sp³-hybridized carbons (Fsp3) is 1.00. The molecule has 1 nitrogen and oxygen atoms in total. The van der Waals surface area contributed by atoms with Crippen molar-refractivity contribution in [1.82, 2.24) is 4.90 Å². The Kier molecular flexibility index (Phi) is 3.71. The normalized spacial score (nSPS) is 35.3. The van der Waals surface area contributed by atoms with Crippen LogP contribution in [0.5, 0.6) is 0 Å².